The maximum Gasteiger partial charge on any atom is 0.314 e. The van der Waals surface area contributed by atoms with Crippen molar-refractivity contribution in [2.45, 2.75) is 78.1 Å². The van der Waals surface area contributed by atoms with Gasteiger partial charge in [-0.25, -0.2) is 4.39 Å². The Morgan fingerprint density at radius 1 is 0.931 bits per heavy atom. The molecule has 0 aromatic heterocycles. The van der Waals surface area contributed by atoms with Gasteiger partial charge < -0.3 is 9.47 Å². The number of benzene rings is 1. The van der Waals surface area contributed by atoms with Crippen molar-refractivity contribution in [3.8, 4) is 11.5 Å². The highest BCUT2D eigenvalue weighted by molar-refractivity contribution is 5.76. The fourth-order valence-corrected chi connectivity index (χ4v) is 4.61. The molecule has 0 heterocycles. The zero-order valence-corrected chi connectivity index (χ0v) is 17.6. The highest BCUT2D eigenvalue weighted by atomic mass is 19.1. The summed E-state index contributed by atoms with van der Waals surface area (Å²) in [4.78, 5) is 24.7. The Hall–Kier alpha value is -1.91. The maximum absolute atomic E-state index is 14.4. The van der Waals surface area contributed by atoms with E-state index >= 15 is 0 Å². The average Bonchev–Trinajstić information content (AvgIpc) is 2.71. The summed E-state index contributed by atoms with van der Waals surface area (Å²) in [5.74, 6) is -0.218. The molecule has 1 aromatic carbocycles. The molecule has 0 spiro atoms. The second-order valence-corrected chi connectivity index (χ2v) is 8.90. The standard InChI is InChI=1S/C24H33FO4/c1-3-4-17-7-11-19(12-8-17)23(26)28-20-13-14-22(21(25)15-20)29-24(27)18-9-5-16(2)6-10-18/h13-19H,3-12H2,1-2H3. The van der Waals surface area contributed by atoms with Gasteiger partial charge in [0.1, 0.15) is 5.75 Å². The third kappa shape index (κ3) is 6.03. The maximum atomic E-state index is 14.4. The summed E-state index contributed by atoms with van der Waals surface area (Å²) < 4.78 is 25.1. The summed E-state index contributed by atoms with van der Waals surface area (Å²) in [6.45, 7) is 4.36. The first kappa shape index (κ1) is 21.8. The minimum absolute atomic E-state index is 0.103. The van der Waals surface area contributed by atoms with Crippen LogP contribution in [0.15, 0.2) is 18.2 Å². The van der Waals surface area contributed by atoms with Gasteiger partial charge >= 0.3 is 11.9 Å². The number of carbonyl (C=O) groups is 2. The Kier molecular flexibility index (Phi) is 7.68. The van der Waals surface area contributed by atoms with Crippen molar-refractivity contribution in [1.82, 2.24) is 0 Å². The lowest BCUT2D eigenvalue weighted by molar-refractivity contribution is -0.141. The largest absolute Gasteiger partial charge is 0.426 e. The molecule has 2 fully saturated rings. The Bertz CT molecular complexity index is 701. The van der Waals surface area contributed by atoms with Gasteiger partial charge in [0.25, 0.3) is 0 Å². The highest BCUT2D eigenvalue weighted by Gasteiger charge is 2.28. The molecule has 0 unspecified atom stereocenters. The summed E-state index contributed by atoms with van der Waals surface area (Å²) in [5.41, 5.74) is 0. The van der Waals surface area contributed by atoms with Crippen LogP contribution < -0.4 is 9.47 Å². The van der Waals surface area contributed by atoms with Crippen LogP contribution in [0.1, 0.15) is 78.1 Å². The van der Waals surface area contributed by atoms with Crippen molar-refractivity contribution in [1.29, 1.82) is 0 Å². The number of rotatable bonds is 6. The van der Waals surface area contributed by atoms with E-state index in [9.17, 15) is 14.0 Å². The SMILES string of the molecule is CCCC1CCC(C(=O)Oc2ccc(OC(=O)C3CCC(C)CC3)c(F)c2)CC1. The summed E-state index contributed by atoms with van der Waals surface area (Å²) in [6, 6.07) is 4.00. The number of esters is 2. The molecule has 160 valence electrons. The van der Waals surface area contributed by atoms with E-state index in [0.717, 1.165) is 57.4 Å². The Balaban J connectivity index is 1.51. The minimum atomic E-state index is -0.681. The summed E-state index contributed by atoms with van der Waals surface area (Å²) >= 11 is 0. The lowest BCUT2D eigenvalue weighted by Crippen LogP contribution is -2.26. The monoisotopic (exact) mass is 404 g/mol. The summed E-state index contributed by atoms with van der Waals surface area (Å²) in [7, 11) is 0. The molecule has 1 aromatic rings. The van der Waals surface area contributed by atoms with Crippen LogP contribution in [-0.2, 0) is 9.59 Å². The number of hydrogen-bond donors (Lipinski definition) is 0. The fourth-order valence-electron chi connectivity index (χ4n) is 4.61. The van der Waals surface area contributed by atoms with Gasteiger partial charge in [-0.3, -0.25) is 9.59 Å². The van der Waals surface area contributed by atoms with E-state index in [-0.39, 0.29) is 35.3 Å². The molecule has 4 nitrogen and oxygen atoms in total. The van der Waals surface area contributed by atoms with Crippen LogP contribution in [0.25, 0.3) is 0 Å². The molecule has 2 saturated carbocycles. The van der Waals surface area contributed by atoms with Crippen LogP contribution in [0.3, 0.4) is 0 Å². The molecule has 29 heavy (non-hydrogen) atoms. The third-order valence-electron chi connectivity index (χ3n) is 6.56. The molecule has 2 aliphatic carbocycles. The van der Waals surface area contributed by atoms with E-state index in [1.165, 1.54) is 25.0 Å². The first-order chi connectivity index (χ1) is 14.0. The molecule has 0 saturated heterocycles. The van der Waals surface area contributed by atoms with Crippen molar-refractivity contribution < 1.29 is 23.5 Å². The molecule has 0 radical (unpaired) electrons. The normalized spacial score (nSPS) is 27.3. The van der Waals surface area contributed by atoms with Gasteiger partial charge in [-0.05, 0) is 75.3 Å². The molecule has 0 atom stereocenters. The van der Waals surface area contributed by atoms with Crippen molar-refractivity contribution in [2.24, 2.45) is 23.7 Å². The molecule has 3 rings (SSSR count). The molecule has 0 bridgehead atoms. The van der Waals surface area contributed by atoms with E-state index < -0.39 is 5.82 Å². The third-order valence-corrected chi connectivity index (χ3v) is 6.56. The Labute approximate surface area is 173 Å². The highest BCUT2D eigenvalue weighted by Crippen LogP contribution is 2.33. The van der Waals surface area contributed by atoms with Gasteiger partial charge in [0.15, 0.2) is 11.6 Å². The van der Waals surface area contributed by atoms with Crippen molar-refractivity contribution >= 4 is 11.9 Å². The Morgan fingerprint density at radius 2 is 1.52 bits per heavy atom. The quantitative estimate of drug-likeness (QED) is 0.426. The predicted octanol–water partition coefficient (Wildman–Crippen LogP) is 6.07. The van der Waals surface area contributed by atoms with Crippen molar-refractivity contribution in [3.63, 3.8) is 0 Å². The lowest BCUT2D eigenvalue weighted by Gasteiger charge is -2.26. The number of halogens is 1. The second kappa shape index (κ2) is 10.2. The topological polar surface area (TPSA) is 52.6 Å². The zero-order valence-electron chi connectivity index (χ0n) is 17.6. The minimum Gasteiger partial charge on any atom is -0.426 e. The van der Waals surface area contributed by atoms with Gasteiger partial charge in [-0.15, -0.1) is 0 Å². The van der Waals surface area contributed by atoms with E-state index in [1.54, 1.807) is 0 Å². The molecule has 5 heteroatoms. The van der Waals surface area contributed by atoms with E-state index in [2.05, 4.69) is 13.8 Å². The number of hydrogen-bond acceptors (Lipinski definition) is 4. The molecule has 2 aliphatic rings. The number of carbonyl (C=O) groups excluding carboxylic acids is 2. The van der Waals surface area contributed by atoms with Crippen LogP contribution in [0, 0.1) is 29.5 Å². The smallest absolute Gasteiger partial charge is 0.314 e. The van der Waals surface area contributed by atoms with E-state index in [1.807, 2.05) is 0 Å². The lowest BCUT2D eigenvalue weighted by atomic mass is 9.80. The molecule has 0 amide bonds. The summed E-state index contributed by atoms with van der Waals surface area (Å²) in [5, 5.41) is 0. The van der Waals surface area contributed by atoms with Crippen molar-refractivity contribution in [2.75, 3.05) is 0 Å². The van der Waals surface area contributed by atoms with Gasteiger partial charge in [0.2, 0.25) is 0 Å². The fraction of sp³-hybridized carbons (Fsp3) is 0.667. The van der Waals surface area contributed by atoms with Crippen LogP contribution in [0.2, 0.25) is 0 Å². The van der Waals surface area contributed by atoms with Gasteiger partial charge in [-0.1, -0.05) is 26.7 Å². The zero-order chi connectivity index (χ0) is 20.8. The molecular formula is C24H33FO4. The van der Waals surface area contributed by atoms with Crippen LogP contribution >= 0.6 is 0 Å². The van der Waals surface area contributed by atoms with Crippen LogP contribution in [-0.4, -0.2) is 11.9 Å². The first-order valence-corrected chi connectivity index (χ1v) is 11.2. The van der Waals surface area contributed by atoms with Crippen LogP contribution in [0.5, 0.6) is 11.5 Å². The van der Waals surface area contributed by atoms with Gasteiger partial charge in [0.05, 0.1) is 11.8 Å². The van der Waals surface area contributed by atoms with Crippen LogP contribution in [0.4, 0.5) is 4.39 Å². The molecular weight excluding hydrogens is 371 g/mol. The predicted molar refractivity (Wildman–Crippen MR) is 109 cm³/mol. The van der Waals surface area contributed by atoms with E-state index in [4.69, 9.17) is 9.47 Å². The molecule has 0 N–H and O–H groups in total. The average molecular weight is 405 g/mol. The van der Waals surface area contributed by atoms with E-state index in [0.29, 0.717) is 11.8 Å². The molecule has 0 aliphatic heterocycles. The van der Waals surface area contributed by atoms with Gasteiger partial charge in [0, 0.05) is 6.07 Å². The van der Waals surface area contributed by atoms with Crippen molar-refractivity contribution in [3.05, 3.63) is 24.0 Å². The van der Waals surface area contributed by atoms with Gasteiger partial charge in [-0.2, -0.15) is 0 Å². The number of ether oxygens (including phenoxy) is 2. The Morgan fingerprint density at radius 3 is 2.10 bits per heavy atom. The summed E-state index contributed by atoms with van der Waals surface area (Å²) in [6.07, 6.45) is 9.74. The second-order valence-electron chi connectivity index (χ2n) is 8.90. The first-order valence-electron chi connectivity index (χ1n) is 11.2.